The Morgan fingerprint density at radius 3 is 2.25 bits per heavy atom. The molecule has 148 valence electrons. The van der Waals surface area contributed by atoms with Crippen LogP contribution in [-0.2, 0) is 9.47 Å². The topological polar surface area (TPSA) is 76.6 Å². The maximum Gasteiger partial charge on any atom is 0.258 e. The normalized spacial score (nSPS) is 18.6. The zero-order valence-electron chi connectivity index (χ0n) is 16.4. The summed E-state index contributed by atoms with van der Waals surface area (Å²) in [7, 11) is 0. The fraction of sp³-hybridized carbons (Fsp3) is 0.476. The zero-order valence-corrected chi connectivity index (χ0v) is 16.4. The second-order valence-corrected chi connectivity index (χ2v) is 7.60. The largest absolute Gasteiger partial charge is 0.347 e. The van der Waals surface area contributed by atoms with E-state index in [0.717, 1.165) is 31.6 Å². The first-order valence-corrected chi connectivity index (χ1v) is 9.81. The summed E-state index contributed by atoms with van der Waals surface area (Å²) in [6.07, 6.45) is 4.75. The summed E-state index contributed by atoms with van der Waals surface area (Å²) in [5, 5.41) is 2.89. The third-order valence-electron chi connectivity index (χ3n) is 5.36. The van der Waals surface area contributed by atoms with Gasteiger partial charge in [0.2, 0.25) is 5.95 Å². The van der Waals surface area contributed by atoms with Crippen LogP contribution in [0.5, 0.6) is 0 Å². The minimum atomic E-state index is -0.415. The van der Waals surface area contributed by atoms with Gasteiger partial charge in [-0.25, -0.2) is 9.97 Å². The van der Waals surface area contributed by atoms with Crippen molar-refractivity contribution in [3.05, 3.63) is 47.8 Å². The number of anilines is 2. The van der Waals surface area contributed by atoms with Crippen LogP contribution in [0, 0.1) is 0 Å². The third-order valence-corrected chi connectivity index (χ3v) is 5.36. The van der Waals surface area contributed by atoms with Crippen molar-refractivity contribution in [2.45, 2.75) is 38.4 Å². The van der Waals surface area contributed by atoms with E-state index in [-0.39, 0.29) is 5.91 Å². The van der Waals surface area contributed by atoms with Crippen molar-refractivity contribution in [2.24, 2.45) is 0 Å². The number of ether oxygens (including phenoxy) is 2. The predicted octanol–water partition coefficient (Wildman–Crippen LogP) is 3.20. The van der Waals surface area contributed by atoms with Gasteiger partial charge in [-0.2, -0.15) is 0 Å². The van der Waals surface area contributed by atoms with Gasteiger partial charge < -0.3 is 19.7 Å². The number of carbonyl (C=O) groups excluding carboxylic acids is 1. The Morgan fingerprint density at radius 1 is 1.07 bits per heavy atom. The highest BCUT2D eigenvalue weighted by atomic mass is 16.7. The number of benzene rings is 1. The molecule has 0 aliphatic carbocycles. The SMILES string of the molecule is CC(C)c1ccc(NC(=O)c2cnc(N3CCC4(CC3)OCCO4)nc2)cc1. The van der Waals surface area contributed by atoms with Gasteiger partial charge in [-0.15, -0.1) is 0 Å². The molecule has 7 heteroatoms. The van der Waals surface area contributed by atoms with Gasteiger partial charge in [-0.3, -0.25) is 4.79 Å². The molecule has 0 unspecified atom stereocenters. The molecule has 2 aromatic rings. The van der Waals surface area contributed by atoms with Crippen LogP contribution in [-0.4, -0.2) is 48.0 Å². The molecule has 0 bridgehead atoms. The monoisotopic (exact) mass is 382 g/mol. The first-order valence-electron chi connectivity index (χ1n) is 9.81. The number of carbonyl (C=O) groups is 1. The lowest BCUT2D eigenvalue weighted by atomic mass is 10.0. The molecule has 1 N–H and O–H groups in total. The van der Waals surface area contributed by atoms with E-state index in [9.17, 15) is 4.79 Å². The van der Waals surface area contributed by atoms with Gasteiger partial charge in [0.05, 0.1) is 18.8 Å². The van der Waals surface area contributed by atoms with Crippen LogP contribution < -0.4 is 10.2 Å². The minimum Gasteiger partial charge on any atom is -0.347 e. The summed E-state index contributed by atoms with van der Waals surface area (Å²) < 4.78 is 11.5. The first kappa shape index (κ1) is 18.8. The molecule has 2 fully saturated rings. The van der Waals surface area contributed by atoms with E-state index < -0.39 is 5.79 Å². The molecule has 4 rings (SSSR count). The number of aromatic nitrogens is 2. The minimum absolute atomic E-state index is 0.214. The molecule has 0 atom stereocenters. The van der Waals surface area contributed by atoms with Gasteiger partial charge in [-0.1, -0.05) is 26.0 Å². The fourth-order valence-corrected chi connectivity index (χ4v) is 3.59. The quantitative estimate of drug-likeness (QED) is 0.875. The molecule has 1 spiro atoms. The Bertz CT molecular complexity index is 805. The summed E-state index contributed by atoms with van der Waals surface area (Å²) in [6, 6.07) is 7.89. The second kappa shape index (κ2) is 7.85. The number of rotatable bonds is 4. The van der Waals surface area contributed by atoms with E-state index in [2.05, 4.69) is 34.0 Å². The number of hydrogen-bond acceptors (Lipinski definition) is 6. The summed E-state index contributed by atoms with van der Waals surface area (Å²) in [5.41, 5.74) is 2.44. The lowest BCUT2D eigenvalue weighted by Gasteiger charge is -2.37. The highest BCUT2D eigenvalue weighted by Crippen LogP contribution is 2.32. The van der Waals surface area contributed by atoms with E-state index >= 15 is 0 Å². The average Bonchev–Trinajstić information content (AvgIpc) is 3.17. The molecule has 1 amide bonds. The Hall–Kier alpha value is -2.51. The summed E-state index contributed by atoms with van der Waals surface area (Å²) >= 11 is 0. The predicted molar refractivity (Wildman–Crippen MR) is 107 cm³/mol. The fourth-order valence-electron chi connectivity index (χ4n) is 3.59. The van der Waals surface area contributed by atoms with Gasteiger partial charge in [0.25, 0.3) is 5.91 Å². The van der Waals surface area contributed by atoms with Crippen molar-refractivity contribution < 1.29 is 14.3 Å². The highest BCUT2D eigenvalue weighted by Gasteiger charge is 2.40. The molecule has 2 aliphatic heterocycles. The smallest absolute Gasteiger partial charge is 0.258 e. The summed E-state index contributed by atoms with van der Waals surface area (Å²) in [6.45, 7) is 7.16. The van der Waals surface area contributed by atoms with Crippen LogP contribution in [0.2, 0.25) is 0 Å². The molecule has 2 aliphatic rings. The lowest BCUT2D eigenvalue weighted by molar-refractivity contribution is -0.169. The number of piperidine rings is 1. The van der Waals surface area contributed by atoms with Gasteiger partial charge in [0, 0.05) is 44.0 Å². The van der Waals surface area contributed by atoms with Gasteiger partial charge in [-0.05, 0) is 23.6 Å². The van der Waals surface area contributed by atoms with Crippen LogP contribution in [0.25, 0.3) is 0 Å². The van der Waals surface area contributed by atoms with Crippen LogP contribution in [0.4, 0.5) is 11.6 Å². The lowest BCUT2D eigenvalue weighted by Crippen LogP contribution is -2.45. The molecule has 1 aromatic carbocycles. The Balaban J connectivity index is 1.35. The van der Waals surface area contributed by atoms with Gasteiger partial charge in [0.15, 0.2) is 5.79 Å². The molecule has 3 heterocycles. The van der Waals surface area contributed by atoms with E-state index in [4.69, 9.17) is 9.47 Å². The number of nitrogens with zero attached hydrogens (tertiary/aromatic N) is 3. The zero-order chi connectivity index (χ0) is 19.6. The average molecular weight is 382 g/mol. The molecule has 2 saturated heterocycles. The molecular weight excluding hydrogens is 356 g/mol. The van der Waals surface area contributed by atoms with Crippen LogP contribution >= 0.6 is 0 Å². The number of hydrogen-bond donors (Lipinski definition) is 1. The van der Waals surface area contributed by atoms with Crippen molar-refractivity contribution >= 4 is 17.5 Å². The van der Waals surface area contributed by atoms with E-state index in [0.29, 0.717) is 30.6 Å². The molecule has 1 aromatic heterocycles. The molecule has 0 saturated carbocycles. The summed E-state index contributed by atoms with van der Waals surface area (Å²) in [5.74, 6) is 0.462. The molecule has 0 radical (unpaired) electrons. The van der Waals surface area contributed by atoms with Crippen LogP contribution in [0.1, 0.15) is 48.5 Å². The maximum absolute atomic E-state index is 12.5. The molecule has 7 nitrogen and oxygen atoms in total. The van der Waals surface area contributed by atoms with E-state index in [1.54, 1.807) is 12.4 Å². The standard InChI is InChI=1S/C21H26N4O3/c1-15(2)16-3-5-18(6-4-16)24-19(26)17-13-22-20(23-14-17)25-9-7-21(8-10-25)27-11-12-28-21/h3-6,13-15H,7-12H2,1-2H3,(H,24,26). The number of nitrogens with one attached hydrogen (secondary N) is 1. The van der Waals surface area contributed by atoms with Crippen molar-refractivity contribution in [1.82, 2.24) is 9.97 Å². The maximum atomic E-state index is 12.5. The van der Waals surface area contributed by atoms with Crippen molar-refractivity contribution in [1.29, 1.82) is 0 Å². The van der Waals surface area contributed by atoms with Crippen LogP contribution in [0.3, 0.4) is 0 Å². The van der Waals surface area contributed by atoms with Crippen molar-refractivity contribution in [2.75, 3.05) is 36.5 Å². The van der Waals surface area contributed by atoms with E-state index in [1.807, 2.05) is 24.3 Å². The van der Waals surface area contributed by atoms with E-state index in [1.165, 1.54) is 5.56 Å². The molecule has 28 heavy (non-hydrogen) atoms. The van der Waals surface area contributed by atoms with Crippen molar-refractivity contribution in [3.8, 4) is 0 Å². The van der Waals surface area contributed by atoms with Crippen molar-refractivity contribution in [3.63, 3.8) is 0 Å². The third kappa shape index (κ3) is 4.00. The second-order valence-electron chi connectivity index (χ2n) is 7.60. The Morgan fingerprint density at radius 2 is 1.68 bits per heavy atom. The van der Waals surface area contributed by atoms with Crippen LogP contribution in [0.15, 0.2) is 36.7 Å². The highest BCUT2D eigenvalue weighted by molar-refractivity contribution is 6.03. The number of amides is 1. The Kier molecular flexibility index (Phi) is 5.28. The Labute approximate surface area is 165 Å². The summed E-state index contributed by atoms with van der Waals surface area (Å²) in [4.78, 5) is 23.3. The first-order chi connectivity index (χ1) is 13.5. The molecular formula is C21H26N4O3. The van der Waals surface area contributed by atoms with Gasteiger partial charge in [0.1, 0.15) is 0 Å². The van der Waals surface area contributed by atoms with Gasteiger partial charge >= 0.3 is 0 Å².